The van der Waals surface area contributed by atoms with Crippen LogP contribution in [0.4, 0.5) is 0 Å². The Morgan fingerprint density at radius 1 is 1.06 bits per heavy atom. The lowest BCUT2D eigenvalue weighted by Crippen LogP contribution is -2.22. The Hall–Kier alpha value is -1.52. The van der Waals surface area contributed by atoms with Crippen molar-refractivity contribution in [2.24, 2.45) is 0 Å². The van der Waals surface area contributed by atoms with Gasteiger partial charge in [-0.05, 0) is 12.1 Å². The Kier molecular flexibility index (Phi) is 3.36. The summed E-state index contributed by atoms with van der Waals surface area (Å²) in [6.07, 6.45) is 2.60. The van der Waals surface area contributed by atoms with Crippen LogP contribution in [-0.4, -0.2) is 32.5 Å². The lowest BCUT2D eigenvalue weighted by Gasteiger charge is -2.27. The molecule has 0 fully saturated rings. The van der Waals surface area contributed by atoms with Crippen molar-refractivity contribution in [2.75, 3.05) is 21.3 Å². The maximum Gasteiger partial charge on any atom is 0.126 e. The van der Waals surface area contributed by atoms with E-state index in [0.29, 0.717) is 17.1 Å². The van der Waals surface area contributed by atoms with Gasteiger partial charge in [0.05, 0.1) is 14.2 Å². The fraction of sp³-hybridized carbons (Fsp3) is 0.385. The molecule has 2 atom stereocenters. The van der Waals surface area contributed by atoms with Gasteiger partial charge in [0.1, 0.15) is 23.7 Å². The van der Waals surface area contributed by atoms with Gasteiger partial charge in [-0.15, -0.1) is 0 Å². The summed E-state index contributed by atoms with van der Waals surface area (Å²) in [5, 5.41) is 10.2. The number of aliphatic hydroxyl groups is 1. The zero-order chi connectivity index (χ0) is 12.4. The van der Waals surface area contributed by atoms with Crippen molar-refractivity contribution >= 4 is 6.08 Å². The van der Waals surface area contributed by atoms with Crippen molar-refractivity contribution in [3.05, 3.63) is 29.3 Å². The Bertz CT molecular complexity index is 439. The van der Waals surface area contributed by atoms with Crippen molar-refractivity contribution in [3.8, 4) is 11.5 Å². The molecule has 0 aromatic heterocycles. The largest absolute Gasteiger partial charge is 0.496 e. The second-order valence-corrected chi connectivity index (χ2v) is 3.80. The lowest BCUT2D eigenvalue weighted by molar-refractivity contribution is 0.0136. The molecule has 0 saturated heterocycles. The average molecular weight is 236 g/mol. The van der Waals surface area contributed by atoms with Crippen LogP contribution in [0.2, 0.25) is 0 Å². The van der Waals surface area contributed by atoms with E-state index in [0.717, 1.165) is 5.56 Å². The number of rotatable bonds is 3. The van der Waals surface area contributed by atoms with E-state index in [-0.39, 0.29) is 6.10 Å². The van der Waals surface area contributed by atoms with Crippen LogP contribution in [0.5, 0.6) is 11.5 Å². The van der Waals surface area contributed by atoms with Crippen LogP contribution < -0.4 is 9.47 Å². The van der Waals surface area contributed by atoms with Gasteiger partial charge in [0.25, 0.3) is 0 Å². The third kappa shape index (κ3) is 1.90. The molecule has 0 saturated carbocycles. The van der Waals surface area contributed by atoms with E-state index in [4.69, 9.17) is 14.2 Å². The Labute approximate surface area is 100 Å². The minimum atomic E-state index is -0.745. The molecule has 17 heavy (non-hydrogen) atoms. The predicted molar refractivity (Wildman–Crippen MR) is 64.3 cm³/mol. The molecule has 1 aliphatic carbocycles. The molecule has 4 nitrogen and oxygen atoms in total. The van der Waals surface area contributed by atoms with Gasteiger partial charge in [-0.3, -0.25) is 0 Å². The van der Waals surface area contributed by atoms with E-state index in [1.165, 1.54) is 0 Å². The highest BCUT2D eigenvalue weighted by molar-refractivity contribution is 5.68. The van der Waals surface area contributed by atoms with Crippen LogP contribution in [0.3, 0.4) is 0 Å². The average Bonchev–Trinajstić information content (AvgIpc) is 2.38. The van der Waals surface area contributed by atoms with Gasteiger partial charge < -0.3 is 19.3 Å². The summed E-state index contributed by atoms with van der Waals surface area (Å²) in [6, 6.07) is 3.61. The van der Waals surface area contributed by atoms with Gasteiger partial charge in [0.2, 0.25) is 0 Å². The first-order chi connectivity index (χ1) is 8.22. The maximum absolute atomic E-state index is 10.2. The number of methoxy groups -OCH3 is 3. The first-order valence-corrected chi connectivity index (χ1v) is 5.36. The van der Waals surface area contributed by atoms with Gasteiger partial charge in [0.15, 0.2) is 0 Å². The van der Waals surface area contributed by atoms with Crippen molar-refractivity contribution in [1.82, 2.24) is 0 Å². The molecule has 0 spiro atoms. The van der Waals surface area contributed by atoms with Gasteiger partial charge in [-0.1, -0.05) is 12.2 Å². The SMILES string of the molecule is COc1ccc(OC)c2c1C=C[C@@H](OC)[C@@H]2O. The zero-order valence-electron chi connectivity index (χ0n) is 10.1. The zero-order valence-corrected chi connectivity index (χ0v) is 10.1. The molecule has 0 radical (unpaired) electrons. The molecular formula is C13H16O4. The molecule has 1 aromatic carbocycles. The summed E-state index contributed by atoms with van der Waals surface area (Å²) in [4.78, 5) is 0. The first-order valence-electron chi connectivity index (χ1n) is 5.36. The molecule has 1 aromatic rings. The summed E-state index contributed by atoms with van der Waals surface area (Å²) in [7, 11) is 4.75. The fourth-order valence-electron chi connectivity index (χ4n) is 2.10. The van der Waals surface area contributed by atoms with E-state index in [9.17, 15) is 5.11 Å². The first kappa shape index (κ1) is 12.0. The van der Waals surface area contributed by atoms with Crippen LogP contribution in [-0.2, 0) is 4.74 Å². The highest BCUT2D eigenvalue weighted by Gasteiger charge is 2.29. The molecule has 92 valence electrons. The minimum absolute atomic E-state index is 0.358. The molecule has 0 aliphatic heterocycles. The van der Waals surface area contributed by atoms with E-state index in [1.54, 1.807) is 27.4 Å². The topological polar surface area (TPSA) is 47.9 Å². The number of aliphatic hydroxyl groups excluding tert-OH is 1. The van der Waals surface area contributed by atoms with Crippen LogP contribution in [0, 0.1) is 0 Å². The van der Waals surface area contributed by atoms with Gasteiger partial charge in [-0.2, -0.15) is 0 Å². The summed E-state index contributed by atoms with van der Waals surface area (Å²) in [5.74, 6) is 1.35. The van der Waals surface area contributed by atoms with Crippen LogP contribution >= 0.6 is 0 Å². The van der Waals surface area contributed by atoms with Gasteiger partial charge >= 0.3 is 0 Å². The second-order valence-electron chi connectivity index (χ2n) is 3.80. The highest BCUT2D eigenvalue weighted by Crippen LogP contribution is 2.40. The third-order valence-corrected chi connectivity index (χ3v) is 2.98. The number of ether oxygens (including phenoxy) is 3. The van der Waals surface area contributed by atoms with E-state index < -0.39 is 6.10 Å². The summed E-state index contributed by atoms with van der Waals surface area (Å²) in [5.41, 5.74) is 1.55. The fourth-order valence-corrected chi connectivity index (χ4v) is 2.10. The van der Waals surface area contributed by atoms with Crippen LogP contribution in [0.15, 0.2) is 18.2 Å². The van der Waals surface area contributed by atoms with Crippen molar-refractivity contribution in [3.63, 3.8) is 0 Å². The van der Waals surface area contributed by atoms with Gasteiger partial charge in [0, 0.05) is 18.2 Å². The molecule has 0 amide bonds. The molecule has 1 aliphatic rings. The highest BCUT2D eigenvalue weighted by atomic mass is 16.5. The smallest absolute Gasteiger partial charge is 0.126 e. The number of hydrogen-bond acceptors (Lipinski definition) is 4. The summed E-state index contributed by atoms with van der Waals surface area (Å²) in [6.45, 7) is 0. The number of benzene rings is 1. The molecule has 0 unspecified atom stereocenters. The molecular weight excluding hydrogens is 220 g/mol. The Morgan fingerprint density at radius 2 is 1.71 bits per heavy atom. The number of hydrogen-bond donors (Lipinski definition) is 1. The van der Waals surface area contributed by atoms with Gasteiger partial charge in [-0.25, -0.2) is 0 Å². The molecule has 1 N–H and O–H groups in total. The quantitative estimate of drug-likeness (QED) is 0.869. The third-order valence-electron chi connectivity index (χ3n) is 2.98. The molecule has 0 heterocycles. The summed E-state index contributed by atoms with van der Waals surface area (Å²) < 4.78 is 15.7. The Morgan fingerprint density at radius 3 is 2.29 bits per heavy atom. The van der Waals surface area contributed by atoms with Crippen LogP contribution in [0.25, 0.3) is 6.08 Å². The van der Waals surface area contributed by atoms with Crippen molar-refractivity contribution in [1.29, 1.82) is 0 Å². The predicted octanol–water partition coefficient (Wildman–Crippen LogP) is 1.78. The monoisotopic (exact) mass is 236 g/mol. The molecule has 2 rings (SSSR count). The maximum atomic E-state index is 10.2. The second kappa shape index (κ2) is 4.77. The van der Waals surface area contributed by atoms with E-state index in [1.807, 2.05) is 18.2 Å². The molecule has 4 heteroatoms. The van der Waals surface area contributed by atoms with E-state index in [2.05, 4.69) is 0 Å². The van der Waals surface area contributed by atoms with Crippen molar-refractivity contribution in [2.45, 2.75) is 12.2 Å². The standard InChI is InChI=1S/C13H16O4/c1-15-9-6-7-10(16-2)12-8(9)4-5-11(17-3)13(12)14/h4-7,11,13-14H,1-3H3/t11-,13+/m1/s1. The Balaban J connectivity index is 2.58. The summed E-state index contributed by atoms with van der Waals surface area (Å²) >= 11 is 0. The minimum Gasteiger partial charge on any atom is -0.496 e. The lowest BCUT2D eigenvalue weighted by atomic mass is 9.91. The van der Waals surface area contributed by atoms with Crippen LogP contribution in [0.1, 0.15) is 17.2 Å². The normalized spacial score (nSPS) is 22.1. The molecule has 0 bridgehead atoms. The van der Waals surface area contributed by atoms with E-state index >= 15 is 0 Å². The number of fused-ring (bicyclic) bond motifs is 1. The van der Waals surface area contributed by atoms with Crippen molar-refractivity contribution < 1.29 is 19.3 Å².